The number of hydrogen-bond donors (Lipinski definition) is 1. The first-order valence-electron chi connectivity index (χ1n) is 9.59. The second-order valence-corrected chi connectivity index (χ2v) is 7.17. The van der Waals surface area contributed by atoms with Crippen molar-refractivity contribution in [2.24, 2.45) is 0 Å². The Labute approximate surface area is 174 Å². The maximum Gasteiger partial charge on any atom is 0.435 e. The van der Waals surface area contributed by atoms with Crippen molar-refractivity contribution in [1.29, 1.82) is 0 Å². The zero-order chi connectivity index (χ0) is 22.2. The van der Waals surface area contributed by atoms with Gasteiger partial charge in [0.2, 0.25) is 0 Å². The topological polar surface area (TPSA) is 90.1 Å². The number of para-hydroxylation sites is 2. The van der Waals surface area contributed by atoms with Gasteiger partial charge in [0.05, 0.1) is 10.6 Å². The molecule has 0 fully saturated rings. The summed E-state index contributed by atoms with van der Waals surface area (Å²) in [6, 6.07) is 11.7. The lowest BCUT2D eigenvalue weighted by molar-refractivity contribution is -0.383. The molecule has 1 aliphatic carbocycles. The molecule has 1 amide bonds. The number of carbonyl (C=O) groups excluding carboxylic acids is 1. The summed E-state index contributed by atoms with van der Waals surface area (Å²) in [5, 5.41) is 17.4. The lowest BCUT2D eigenvalue weighted by Crippen LogP contribution is -2.13. The van der Waals surface area contributed by atoms with Gasteiger partial charge in [-0.3, -0.25) is 14.9 Å². The van der Waals surface area contributed by atoms with Crippen LogP contribution < -0.4 is 5.32 Å². The molecule has 1 N–H and O–H groups in total. The molecule has 0 unspecified atom stereocenters. The molecule has 160 valence electrons. The summed E-state index contributed by atoms with van der Waals surface area (Å²) >= 11 is 0. The summed E-state index contributed by atoms with van der Waals surface area (Å²) in [4.78, 5) is 23.0. The number of carbonyl (C=O) groups is 1. The number of nitro groups is 1. The molecule has 10 heteroatoms. The summed E-state index contributed by atoms with van der Waals surface area (Å²) in [6.07, 6.45) is -2.23. The van der Waals surface area contributed by atoms with E-state index in [0.29, 0.717) is 30.6 Å². The Bertz CT molecular complexity index is 1150. The largest absolute Gasteiger partial charge is 0.435 e. The molecule has 2 aromatic carbocycles. The molecule has 0 atom stereocenters. The molecule has 0 radical (unpaired) electrons. The maximum atomic E-state index is 13.4. The molecule has 1 aliphatic rings. The third-order valence-electron chi connectivity index (χ3n) is 5.17. The first-order valence-corrected chi connectivity index (χ1v) is 9.59. The van der Waals surface area contributed by atoms with Crippen molar-refractivity contribution in [2.45, 2.75) is 31.9 Å². The molecule has 0 saturated heterocycles. The Morgan fingerprint density at radius 3 is 2.42 bits per heavy atom. The molecule has 0 bridgehead atoms. The minimum atomic E-state index is -4.53. The number of halogens is 3. The second-order valence-electron chi connectivity index (χ2n) is 7.17. The smallest absolute Gasteiger partial charge is 0.316 e. The van der Waals surface area contributed by atoms with Gasteiger partial charge in [0, 0.05) is 22.9 Å². The molecule has 0 saturated carbocycles. The van der Waals surface area contributed by atoms with Crippen molar-refractivity contribution < 1.29 is 22.9 Å². The Morgan fingerprint density at radius 1 is 1.06 bits per heavy atom. The van der Waals surface area contributed by atoms with Gasteiger partial charge < -0.3 is 5.32 Å². The number of alkyl halides is 3. The van der Waals surface area contributed by atoms with Crippen LogP contribution in [0.15, 0.2) is 48.5 Å². The van der Waals surface area contributed by atoms with Gasteiger partial charge in [0.15, 0.2) is 5.69 Å². The maximum absolute atomic E-state index is 13.4. The fourth-order valence-corrected chi connectivity index (χ4v) is 3.73. The van der Waals surface area contributed by atoms with E-state index in [2.05, 4.69) is 10.4 Å². The number of rotatable bonds is 4. The van der Waals surface area contributed by atoms with E-state index in [9.17, 15) is 28.1 Å². The molecule has 1 aromatic heterocycles. The number of hydrogen-bond acceptors (Lipinski definition) is 4. The molecule has 1 heterocycles. The fourth-order valence-electron chi connectivity index (χ4n) is 3.73. The quantitative estimate of drug-likeness (QED) is 0.469. The van der Waals surface area contributed by atoms with Crippen LogP contribution in [0.3, 0.4) is 0 Å². The monoisotopic (exact) mass is 430 g/mol. The van der Waals surface area contributed by atoms with Gasteiger partial charge in [0.25, 0.3) is 11.6 Å². The first kappa shape index (κ1) is 20.6. The molecule has 4 rings (SSSR count). The predicted octanol–water partition coefficient (Wildman–Crippen LogP) is 4.93. The van der Waals surface area contributed by atoms with Crippen LogP contribution in [-0.4, -0.2) is 20.6 Å². The minimum absolute atomic E-state index is 0.0533. The predicted molar refractivity (Wildman–Crippen MR) is 106 cm³/mol. The van der Waals surface area contributed by atoms with Gasteiger partial charge in [-0.15, -0.1) is 0 Å². The van der Waals surface area contributed by atoms with Gasteiger partial charge in [0.1, 0.15) is 5.69 Å². The normalized spacial score (nSPS) is 13.5. The fraction of sp³-hybridized carbons (Fsp3) is 0.238. The van der Waals surface area contributed by atoms with Gasteiger partial charge in [-0.1, -0.05) is 12.1 Å². The Balaban J connectivity index is 1.62. The molecule has 7 nitrogen and oxygen atoms in total. The lowest BCUT2D eigenvalue weighted by atomic mass is 9.95. The van der Waals surface area contributed by atoms with Gasteiger partial charge >= 0.3 is 6.18 Å². The Morgan fingerprint density at radius 2 is 1.74 bits per heavy atom. The second kappa shape index (κ2) is 7.86. The summed E-state index contributed by atoms with van der Waals surface area (Å²) in [6.45, 7) is 0. The van der Waals surface area contributed by atoms with E-state index in [4.69, 9.17) is 0 Å². The number of nitrogens with zero attached hydrogens (tertiary/aromatic N) is 3. The zero-order valence-electron chi connectivity index (χ0n) is 16.1. The van der Waals surface area contributed by atoms with Crippen molar-refractivity contribution in [3.63, 3.8) is 0 Å². The van der Waals surface area contributed by atoms with Crippen LogP contribution in [0.2, 0.25) is 0 Å². The summed E-state index contributed by atoms with van der Waals surface area (Å²) in [7, 11) is 0. The molecule has 0 spiro atoms. The number of amides is 1. The summed E-state index contributed by atoms with van der Waals surface area (Å²) < 4.78 is 41.5. The highest BCUT2D eigenvalue weighted by atomic mass is 19.4. The number of fused-ring (bicyclic) bond motifs is 1. The number of aromatic nitrogens is 2. The number of anilines is 1. The van der Waals surface area contributed by atoms with Crippen molar-refractivity contribution >= 4 is 17.3 Å². The highest BCUT2D eigenvalue weighted by Gasteiger charge is 2.39. The standard InChI is InChI=1S/C21H17F3N4O3/c22-21(23,24)19-15-5-1-3-7-17(15)27(26-19)14-11-9-13(10-12-14)20(29)25-16-6-2-4-8-18(16)28(30)31/h2,4,6,8-12H,1,3,5,7H2,(H,25,29). The molecular weight excluding hydrogens is 413 g/mol. The van der Waals surface area contributed by atoms with E-state index >= 15 is 0 Å². The zero-order valence-corrected chi connectivity index (χ0v) is 16.1. The lowest BCUT2D eigenvalue weighted by Gasteiger charge is -2.15. The van der Waals surface area contributed by atoms with Gasteiger partial charge in [-0.05, 0) is 56.0 Å². The van der Waals surface area contributed by atoms with Crippen LogP contribution in [0.4, 0.5) is 24.5 Å². The Kier molecular flexibility index (Phi) is 5.22. The average molecular weight is 430 g/mol. The van der Waals surface area contributed by atoms with E-state index in [-0.39, 0.29) is 22.5 Å². The van der Waals surface area contributed by atoms with E-state index in [1.807, 2.05) is 0 Å². The number of benzene rings is 2. The molecule has 31 heavy (non-hydrogen) atoms. The van der Waals surface area contributed by atoms with Crippen LogP contribution >= 0.6 is 0 Å². The minimum Gasteiger partial charge on any atom is -0.316 e. The van der Waals surface area contributed by atoms with E-state index in [1.54, 1.807) is 6.07 Å². The average Bonchev–Trinajstić information content (AvgIpc) is 3.14. The first-order chi connectivity index (χ1) is 14.8. The van der Waals surface area contributed by atoms with Crippen LogP contribution in [0.1, 0.15) is 40.2 Å². The highest BCUT2D eigenvalue weighted by molar-refractivity contribution is 6.05. The summed E-state index contributed by atoms with van der Waals surface area (Å²) in [5.41, 5.74) is 0.343. The summed E-state index contributed by atoms with van der Waals surface area (Å²) in [5.74, 6) is -0.570. The van der Waals surface area contributed by atoms with Crippen LogP contribution in [0.5, 0.6) is 0 Å². The van der Waals surface area contributed by atoms with E-state index in [1.165, 1.54) is 47.1 Å². The van der Waals surface area contributed by atoms with Crippen LogP contribution in [-0.2, 0) is 19.0 Å². The molecular formula is C21H17F3N4O3. The van der Waals surface area contributed by atoms with E-state index < -0.39 is 22.7 Å². The Hall–Kier alpha value is -3.69. The van der Waals surface area contributed by atoms with E-state index in [0.717, 1.165) is 6.42 Å². The van der Waals surface area contributed by atoms with Crippen molar-refractivity contribution in [2.75, 3.05) is 5.32 Å². The van der Waals surface area contributed by atoms with Gasteiger partial charge in [-0.2, -0.15) is 18.3 Å². The highest BCUT2D eigenvalue weighted by Crippen LogP contribution is 2.36. The third kappa shape index (κ3) is 4.00. The van der Waals surface area contributed by atoms with Crippen LogP contribution in [0, 0.1) is 10.1 Å². The SMILES string of the molecule is O=C(Nc1ccccc1[N+](=O)[O-])c1ccc(-n2nc(C(F)(F)F)c3c2CCCC3)cc1. The van der Waals surface area contributed by atoms with Crippen molar-refractivity contribution in [3.8, 4) is 5.69 Å². The van der Waals surface area contributed by atoms with Crippen LogP contribution in [0.25, 0.3) is 5.69 Å². The molecule has 3 aromatic rings. The number of nitro benzene ring substituents is 1. The molecule has 0 aliphatic heterocycles. The number of nitrogens with one attached hydrogen (secondary N) is 1. The van der Waals surface area contributed by atoms with Gasteiger partial charge in [-0.25, -0.2) is 4.68 Å². The van der Waals surface area contributed by atoms with Crippen molar-refractivity contribution in [3.05, 3.63) is 81.2 Å². The third-order valence-corrected chi connectivity index (χ3v) is 5.17. The van der Waals surface area contributed by atoms with Crippen molar-refractivity contribution in [1.82, 2.24) is 9.78 Å².